The molecule has 0 saturated heterocycles. The molecule has 1 atom stereocenters. The normalized spacial score (nSPS) is 15.3. The Hall–Kier alpha value is -1.46. The molecular weight excluding hydrogens is 288 g/mol. The quantitative estimate of drug-likeness (QED) is 0.882. The van der Waals surface area contributed by atoms with Gasteiger partial charge >= 0.3 is 0 Å². The number of carbonyl (C=O) groups is 1. The molecule has 0 bridgehead atoms. The van der Waals surface area contributed by atoms with Crippen molar-refractivity contribution in [3.8, 4) is 0 Å². The van der Waals surface area contributed by atoms with Crippen LogP contribution in [0.5, 0.6) is 0 Å². The summed E-state index contributed by atoms with van der Waals surface area (Å²) in [7, 11) is 0. The standard InChI is InChI=1S/C15H16N2OS2/c1-2-11(13-4-3-7-19-13)16-10-5-6-14-12(8-10)17-15(18)9-20-14/h3-8,11,16H,2,9H2,1H3,(H,17,18). The van der Waals surface area contributed by atoms with E-state index in [1.54, 1.807) is 23.1 Å². The van der Waals surface area contributed by atoms with Crippen molar-refractivity contribution in [1.82, 2.24) is 0 Å². The molecule has 1 unspecified atom stereocenters. The molecule has 0 aliphatic carbocycles. The molecule has 3 rings (SSSR count). The highest BCUT2D eigenvalue weighted by atomic mass is 32.2. The van der Waals surface area contributed by atoms with E-state index in [0.29, 0.717) is 11.8 Å². The van der Waals surface area contributed by atoms with Crippen molar-refractivity contribution >= 4 is 40.4 Å². The van der Waals surface area contributed by atoms with Gasteiger partial charge in [-0.25, -0.2) is 0 Å². The van der Waals surface area contributed by atoms with E-state index < -0.39 is 0 Å². The van der Waals surface area contributed by atoms with Gasteiger partial charge in [0.15, 0.2) is 0 Å². The lowest BCUT2D eigenvalue weighted by Crippen LogP contribution is -2.19. The van der Waals surface area contributed by atoms with Crippen molar-refractivity contribution in [2.75, 3.05) is 16.4 Å². The van der Waals surface area contributed by atoms with Crippen LogP contribution in [0.15, 0.2) is 40.6 Å². The molecule has 0 spiro atoms. The molecule has 1 aromatic heterocycles. The van der Waals surface area contributed by atoms with Crippen LogP contribution in [0, 0.1) is 0 Å². The molecule has 0 radical (unpaired) electrons. The molecule has 1 amide bonds. The Bertz CT molecular complexity index is 610. The van der Waals surface area contributed by atoms with Crippen molar-refractivity contribution in [1.29, 1.82) is 0 Å². The van der Waals surface area contributed by atoms with E-state index in [0.717, 1.165) is 22.7 Å². The van der Waals surface area contributed by atoms with Gasteiger partial charge in [-0.15, -0.1) is 23.1 Å². The lowest BCUT2D eigenvalue weighted by atomic mass is 10.1. The van der Waals surface area contributed by atoms with E-state index in [1.807, 2.05) is 6.07 Å². The fourth-order valence-corrected chi connectivity index (χ4v) is 3.89. The molecule has 1 aliphatic rings. The van der Waals surface area contributed by atoms with E-state index in [4.69, 9.17) is 0 Å². The van der Waals surface area contributed by atoms with Crippen molar-refractivity contribution in [3.63, 3.8) is 0 Å². The van der Waals surface area contributed by atoms with Crippen LogP contribution in [0.1, 0.15) is 24.3 Å². The van der Waals surface area contributed by atoms with Crippen molar-refractivity contribution in [3.05, 3.63) is 40.6 Å². The van der Waals surface area contributed by atoms with Crippen LogP contribution in [0.25, 0.3) is 0 Å². The van der Waals surface area contributed by atoms with Gasteiger partial charge in [-0.2, -0.15) is 0 Å². The molecule has 2 N–H and O–H groups in total. The third kappa shape index (κ3) is 2.83. The third-order valence-corrected chi connectivity index (χ3v) is 5.31. The molecule has 104 valence electrons. The average molecular weight is 304 g/mol. The van der Waals surface area contributed by atoms with Crippen LogP contribution >= 0.6 is 23.1 Å². The molecule has 0 fully saturated rings. The monoisotopic (exact) mass is 304 g/mol. The largest absolute Gasteiger partial charge is 0.377 e. The highest BCUT2D eigenvalue weighted by molar-refractivity contribution is 8.00. The molecule has 3 nitrogen and oxygen atoms in total. The second-order valence-corrected chi connectivity index (χ2v) is 6.66. The van der Waals surface area contributed by atoms with Gasteiger partial charge in [-0.05, 0) is 36.1 Å². The first-order chi connectivity index (χ1) is 9.76. The molecule has 2 aromatic rings. The number of benzene rings is 1. The summed E-state index contributed by atoms with van der Waals surface area (Å²) < 4.78 is 0. The minimum atomic E-state index is 0.0740. The summed E-state index contributed by atoms with van der Waals surface area (Å²) in [6, 6.07) is 10.7. The summed E-state index contributed by atoms with van der Waals surface area (Å²) in [6.45, 7) is 2.17. The number of anilines is 2. The fourth-order valence-electron chi connectivity index (χ4n) is 2.24. The lowest BCUT2D eigenvalue weighted by molar-refractivity contribution is -0.113. The van der Waals surface area contributed by atoms with Crippen LogP contribution in [0.3, 0.4) is 0 Å². The minimum Gasteiger partial charge on any atom is -0.377 e. The van der Waals surface area contributed by atoms with Crippen LogP contribution in [-0.4, -0.2) is 11.7 Å². The van der Waals surface area contributed by atoms with Crippen LogP contribution < -0.4 is 10.6 Å². The van der Waals surface area contributed by atoms with Crippen molar-refractivity contribution < 1.29 is 4.79 Å². The number of rotatable bonds is 4. The van der Waals surface area contributed by atoms with Gasteiger partial charge in [0.25, 0.3) is 0 Å². The number of hydrogen-bond acceptors (Lipinski definition) is 4. The van der Waals surface area contributed by atoms with Gasteiger partial charge in [-0.3, -0.25) is 4.79 Å². The van der Waals surface area contributed by atoms with Gasteiger partial charge in [0.05, 0.1) is 17.5 Å². The summed E-state index contributed by atoms with van der Waals surface area (Å²) >= 11 is 3.36. The SMILES string of the molecule is CCC(Nc1ccc2c(c1)NC(=O)CS2)c1cccs1. The Kier molecular flexibility index (Phi) is 3.98. The molecule has 5 heteroatoms. The zero-order chi connectivity index (χ0) is 13.9. The number of thiophene rings is 1. The molecule has 0 saturated carbocycles. The smallest absolute Gasteiger partial charge is 0.234 e. The highest BCUT2D eigenvalue weighted by Crippen LogP contribution is 2.35. The minimum absolute atomic E-state index is 0.0740. The summed E-state index contributed by atoms with van der Waals surface area (Å²) in [5.74, 6) is 0.581. The van der Waals surface area contributed by atoms with Gasteiger partial charge in [0.1, 0.15) is 0 Å². The first-order valence-electron chi connectivity index (χ1n) is 6.63. The van der Waals surface area contributed by atoms with E-state index in [1.165, 1.54) is 4.88 Å². The molecule has 1 aliphatic heterocycles. The van der Waals surface area contributed by atoms with E-state index in [9.17, 15) is 4.79 Å². The Labute approximate surface area is 126 Å². The van der Waals surface area contributed by atoms with Gasteiger partial charge < -0.3 is 10.6 Å². The number of carbonyl (C=O) groups excluding carboxylic acids is 1. The number of thioether (sulfide) groups is 1. The maximum atomic E-state index is 11.5. The summed E-state index contributed by atoms with van der Waals surface area (Å²) in [6.07, 6.45) is 1.03. The molecule has 2 heterocycles. The third-order valence-electron chi connectivity index (χ3n) is 3.25. The zero-order valence-corrected chi connectivity index (χ0v) is 12.8. The molecule has 20 heavy (non-hydrogen) atoms. The Morgan fingerprint density at radius 3 is 3.05 bits per heavy atom. The summed E-state index contributed by atoms with van der Waals surface area (Å²) in [5, 5.41) is 8.58. The van der Waals surface area contributed by atoms with Crippen LogP contribution in [-0.2, 0) is 4.79 Å². The van der Waals surface area contributed by atoms with E-state index in [-0.39, 0.29) is 5.91 Å². The molecular formula is C15H16N2OS2. The fraction of sp³-hybridized carbons (Fsp3) is 0.267. The number of hydrogen-bond donors (Lipinski definition) is 2. The van der Waals surface area contributed by atoms with E-state index in [2.05, 4.69) is 47.2 Å². The number of fused-ring (bicyclic) bond motifs is 1. The Morgan fingerprint density at radius 1 is 1.40 bits per heavy atom. The maximum absolute atomic E-state index is 11.5. The van der Waals surface area contributed by atoms with Gasteiger partial charge in [-0.1, -0.05) is 13.0 Å². The highest BCUT2D eigenvalue weighted by Gasteiger charge is 2.16. The van der Waals surface area contributed by atoms with Gasteiger partial charge in [0.2, 0.25) is 5.91 Å². The van der Waals surface area contributed by atoms with Crippen molar-refractivity contribution in [2.24, 2.45) is 0 Å². The van der Waals surface area contributed by atoms with Crippen LogP contribution in [0.2, 0.25) is 0 Å². The first kappa shape index (κ1) is 13.5. The second-order valence-electron chi connectivity index (χ2n) is 4.67. The number of nitrogens with one attached hydrogen (secondary N) is 2. The first-order valence-corrected chi connectivity index (χ1v) is 8.49. The molecule has 1 aromatic carbocycles. The van der Waals surface area contributed by atoms with Gasteiger partial charge in [0, 0.05) is 15.5 Å². The Morgan fingerprint density at radius 2 is 2.30 bits per heavy atom. The van der Waals surface area contributed by atoms with Crippen LogP contribution in [0.4, 0.5) is 11.4 Å². The maximum Gasteiger partial charge on any atom is 0.234 e. The predicted molar refractivity (Wildman–Crippen MR) is 86.8 cm³/mol. The number of amides is 1. The zero-order valence-electron chi connectivity index (χ0n) is 11.2. The average Bonchev–Trinajstić information content (AvgIpc) is 2.98. The summed E-state index contributed by atoms with van der Waals surface area (Å²) in [4.78, 5) is 13.9. The second kappa shape index (κ2) is 5.89. The topological polar surface area (TPSA) is 41.1 Å². The Balaban J connectivity index is 1.80. The van der Waals surface area contributed by atoms with Crippen molar-refractivity contribution in [2.45, 2.75) is 24.3 Å². The predicted octanol–water partition coefficient (Wildman–Crippen LogP) is 4.36. The lowest BCUT2D eigenvalue weighted by Gasteiger charge is -2.20. The van der Waals surface area contributed by atoms with E-state index >= 15 is 0 Å². The summed E-state index contributed by atoms with van der Waals surface area (Å²) in [5.41, 5.74) is 1.96.